The molecule has 10 heteroatoms. The summed E-state index contributed by atoms with van der Waals surface area (Å²) in [5.74, 6) is -1.84. The fraction of sp³-hybridized carbons (Fsp3) is 0.833. The van der Waals surface area contributed by atoms with Crippen molar-refractivity contribution in [3.05, 3.63) is 0 Å². The molecule has 0 heterocycles. The average molecular weight is 274 g/mol. The van der Waals surface area contributed by atoms with Gasteiger partial charge in [0, 0.05) is 6.54 Å². The monoisotopic (exact) mass is 274 g/mol. The van der Waals surface area contributed by atoms with Crippen LogP contribution in [0.15, 0.2) is 0 Å². The fourth-order valence-corrected chi connectivity index (χ4v) is 2.24. The number of carbonyl (C=O) groups is 1. The van der Waals surface area contributed by atoms with Crippen LogP contribution in [0.4, 0.5) is 0 Å². The molecule has 8 nitrogen and oxygen atoms in total. The van der Waals surface area contributed by atoms with Gasteiger partial charge in [-0.2, -0.15) is 0 Å². The number of hydrogen-bond donors (Lipinski definition) is 3. The smallest absolute Gasteiger partial charge is 0.323 e. The number of nitrogens with two attached hydrogens (primary N) is 1. The number of primary sulfonamides is 1. The lowest BCUT2D eigenvalue weighted by molar-refractivity contribution is -0.136. The Morgan fingerprint density at radius 2 is 1.88 bits per heavy atom. The van der Waals surface area contributed by atoms with E-state index in [1.165, 1.54) is 0 Å². The molecule has 96 valence electrons. The molecule has 0 spiro atoms. The van der Waals surface area contributed by atoms with Crippen LogP contribution in [-0.4, -0.2) is 45.5 Å². The van der Waals surface area contributed by atoms with E-state index >= 15 is 0 Å². The molecule has 0 aromatic heterocycles. The van der Waals surface area contributed by atoms with Gasteiger partial charge in [0.05, 0.1) is 5.75 Å². The maximum Gasteiger partial charge on any atom is 0.323 e. The van der Waals surface area contributed by atoms with Crippen molar-refractivity contribution in [2.24, 2.45) is 5.14 Å². The van der Waals surface area contributed by atoms with E-state index in [0.717, 1.165) is 6.92 Å². The van der Waals surface area contributed by atoms with E-state index in [1.54, 1.807) is 0 Å². The zero-order valence-electron chi connectivity index (χ0n) is 8.58. The van der Waals surface area contributed by atoms with Gasteiger partial charge < -0.3 is 5.11 Å². The first-order chi connectivity index (χ1) is 7.06. The summed E-state index contributed by atoms with van der Waals surface area (Å²) in [6.07, 6.45) is -0.00952. The van der Waals surface area contributed by atoms with Gasteiger partial charge in [0.1, 0.15) is 0 Å². The van der Waals surface area contributed by atoms with E-state index in [1.807, 2.05) is 4.72 Å². The number of hydrogen-bond acceptors (Lipinski definition) is 5. The minimum atomic E-state index is -3.96. The molecule has 0 radical (unpaired) electrons. The van der Waals surface area contributed by atoms with E-state index in [2.05, 4.69) is 0 Å². The van der Waals surface area contributed by atoms with E-state index in [-0.39, 0.29) is 18.7 Å². The largest absolute Gasteiger partial charge is 0.480 e. The van der Waals surface area contributed by atoms with Crippen LogP contribution < -0.4 is 9.86 Å². The number of carboxylic acids is 1. The Bertz CT molecular complexity index is 440. The molecule has 0 bridgehead atoms. The highest BCUT2D eigenvalue weighted by molar-refractivity contribution is 7.90. The van der Waals surface area contributed by atoms with Gasteiger partial charge in [-0.25, -0.2) is 26.7 Å². The minimum Gasteiger partial charge on any atom is -0.480 e. The zero-order valence-corrected chi connectivity index (χ0v) is 10.2. The molecule has 1 unspecified atom stereocenters. The van der Waals surface area contributed by atoms with Gasteiger partial charge in [0.2, 0.25) is 20.0 Å². The summed E-state index contributed by atoms with van der Waals surface area (Å²) in [4.78, 5) is 10.4. The molecule has 0 saturated heterocycles. The second kappa shape index (κ2) is 5.57. The van der Waals surface area contributed by atoms with Crippen molar-refractivity contribution in [2.45, 2.75) is 18.6 Å². The summed E-state index contributed by atoms with van der Waals surface area (Å²) >= 11 is 0. The van der Waals surface area contributed by atoms with Crippen LogP contribution in [0.5, 0.6) is 0 Å². The summed E-state index contributed by atoms with van der Waals surface area (Å²) in [6, 6.07) is 0. The lowest BCUT2D eigenvalue weighted by Gasteiger charge is -2.09. The number of sulfonamides is 2. The molecule has 0 aromatic rings. The molecule has 0 aromatic carbocycles. The lowest BCUT2D eigenvalue weighted by Crippen LogP contribution is -2.38. The first-order valence-electron chi connectivity index (χ1n) is 4.28. The molecule has 0 amide bonds. The van der Waals surface area contributed by atoms with Crippen molar-refractivity contribution in [2.75, 3.05) is 12.3 Å². The normalized spacial score (nSPS) is 14.6. The Kier molecular flexibility index (Phi) is 5.32. The Morgan fingerprint density at radius 1 is 1.38 bits per heavy atom. The topological polar surface area (TPSA) is 144 Å². The average Bonchev–Trinajstić information content (AvgIpc) is 2.09. The van der Waals surface area contributed by atoms with Crippen molar-refractivity contribution in [1.29, 1.82) is 0 Å². The van der Waals surface area contributed by atoms with Crippen LogP contribution in [0.1, 0.15) is 13.3 Å². The third-order valence-electron chi connectivity index (χ3n) is 1.72. The summed E-state index contributed by atoms with van der Waals surface area (Å²) in [5.41, 5.74) is 0. The molecule has 0 aliphatic carbocycles. The van der Waals surface area contributed by atoms with Gasteiger partial charge in [-0.3, -0.25) is 4.79 Å². The SMILES string of the molecule is CC(C(=O)O)S(=O)(=O)NCCCS(N)(=O)=O. The van der Waals surface area contributed by atoms with Crippen molar-refractivity contribution in [1.82, 2.24) is 4.72 Å². The van der Waals surface area contributed by atoms with Gasteiger partial charge in [-0.15, -0.1) is 0 Å². The summed E-state index contributed by atoms with van der Waals surface area (Å²) in [6.45, 7) is 0.848. The standard InChI is InChI=1S/C6H14N2O6S2/c1-5(6(9)10)16(13,14)8-3-2-4-15(7,11)12/h5,8H,2-4H2,1H3,(H,9,10)(H2,7,11,12). The quantitative estimate of drug-likeness (QED) is 0.461. The second-order valence-corrected chi connectivity index (χ2v) is 6.96. The molecule has 0 aliphatic rings. The Morgan fingerprint density at radius 3 is 2.25 bits per heavy atom. The number of carboxylic acid groups (broad SMARTS) is 1. The van der Waals surface area contributed by atoms with E-state index in [0.29, 0.717) is 0 Å². The predicted octanol–water partition coefficient (Wildman–Crippen LogP) is -1.94. The summed E-state index contributed by atoms with van der Waals surface area (Å²) in [5, 5.41) is 11.6. The van der Waals surface area contributed by atoms with Crippen LogP contribution in [0.25, 0.3) is 0 Å². The van der Waals surface area contributed by atoms with Crippen LogP contribution in [-0.2, 0) is 24.8 Å². The lowest BCUT2D eigenvalue weighted by atomic mass is 10.5. The maximum atomic E-state index is 11.2. The van der Waals surface area contributed by atoms with Crippen LogP contribution in [0, 0.1) is 0 Å². The Labute approximate surface area is 93.9 Å². The number of rotatable bonds is 7. The van der Waals surface area contributed by atoms with Crippen LogP contribution >= 0.6 is 0 Å². The van der Waals surface area contributed by atoms with Gasteiger partial charge in [0.15, 0.2) is 5.25 Å². The molecular weight excluding hydrogens is 260 g/mol. The summed E-state index contributed by atoms with van der Waals surface area (Å²) < 4.78 is 45.4. The van der Waals surface area contributed by atoms with E-state index in [4.69, 9.17) is 10.2 Å². The molecule has 0 rings (SSSR count). The Hall–Kier alpha value is -0.710. The molecule has 4 N–H and O–H groups in total. The fourth-order valence-electron chi connectivity index (χ4n) is 0.746. The third kappa shape index (κ3) is 6.00. The molecule has 16 heavy (non-hydrogen) atoms. The number of nitrogens with one attached hydrogen (secondary N) is 1. The highest BCUT2D eigenvalue weighted by Gasteiger charge is 2.26. The molecule has 0 aliphatic heterocycles. The second-order valence-electron chi connectivity index (χ2n) is 3.14. The molecule has 0 fully saturated rings. The van der Waals surface area contributed by atoms with Crippen molar-refractivity contribution >= 4 is 26.0 Å². The first kappa shape index (κ1) is 15.3. The molecule has 1 atom stereocenters. The number of aliphatic carboxylic acids is 1. The van der Waals surface area contributed by atoms with Crippen molar-refractivity contribution in [3.8, 4) is 0 Å². The summed E-state index contributed by atoms with van der Waals surface area (Å²) in [7, 11) is -7.59. The van der Waals surface area contributed by atoms with Gasteiger partial charge in [-0.1, -0.05) is 0 Å². The molecule has 0 saturated carbocycles. The van der Waals surface area contributed by atoms with Gasteiger partial charge >= 0.3 is 5.97 Å². The van der Waals surface area contributed by atoms with Crippen LogP contribution in [0.2, 0.25) is 0 Å². The van der Waals surface area contributed by atoms with Crippen molar-refractivity contribution < 1.29 is 26.7 Å². The third-order valence-corrected chi connectivity index (χ3v) is 4.32. The van der Waals surface area contributed by atoms with Crippen molar-refractivity contribution in [3.63, 3.8) is 0 Å². The molecular formula is C6H14N2O6S2. The highest BCUT2D eigenvalue weighted by atomic mass is 32.2. The van der Waals surface area contributed by atoms with E-state index in [9.17, 15) is 21.6 Å². The Balaban J connectivity index is 4.17. The minimum absolute atomic E-state index is 0.00952. The highest BCUT2D eigenvalue weighted by Crippen LogP contribution is 1.98. The maximum absolute atomic E-state index is 11.2. The van der Waals surface area contributed by atoms with Gasteiger partial charge in [0.25, 0.3) is 0 Å². The van der Waals surface area contributed by atoms with E-state index < -0.39 is 31.3 Å². The van der Waals surface area contributed by atoms with Crippen LogP contribution in [0.3, 0.4) is 0 Å². The van der Waals surface area contributed by atoms with Gasteiger partial charge in [-0.05, 0) is 13.3 Å². The zero-order chi connectivity index (χ0) is 13.0. The first-order valence-corrected chi connectivity index (χ1v) is 7.54. The predicted molar refractivity (Wildman–Crippen MR) is 56.6 cm³/mol.